The molecule has 0 atom stereocenters. The van der Waals surface area contributed by atoms with Gasteiger partial charge >= 0.3 is 0 Å². The van der Waals surface area contributed by atoms with Gasteiger partial charge in [0, 0.05) is 0 Å². The second-order valence-electron chi connectivity index (χ2n) is 3.44. The molecule has 1 aliphatic heterocycles. The fourth-order valence-electron chi connectivity index (χ4n) is 1.58. The van der Waals surface area contributed by atoms with Crippen molar-refractivity contribution < 1.29 is 4.79 Å². The Bertz CT molecular complexity index is 438. The van der Waals surface area contributed by atoms with Crippen LogP contribution in [0.1, 0.15) is 16.7 Å². The van der Waals surface area contributed by atoms with Gasteiger partial charge in [0.05, 0.1) is 11.8 Å². The molecule has 0 aromatic heterocycles. The summed E-state index contributed by atoms with van der Waals surface area (Å²) in [6.45, 7) is 4.01. The maximum atomic E-state index is 11.3. The number of carbonyl (C=O) groups is 1. The monoisotopic (exact) mass is 186 g/mol. The number of benzene rings is 1. The highest BCUT2D eigenvalue weighted by Gasteiger charge is 2.15. The minimum Gasteiger partial charge on any atom is -0.265 e. The minimum atomic E-state index is -0.255. The number of aryl methyl sites for hydroxylation is 2. The zero-order chi connectivity index (χ0) is 10.1. The Kier molecular flexibility index (Phi) is 2.00. The fourth-order valence-corrected chi connectivity index (χ4v) is 1.58. The minimum absolute atomic E-state index is 0.255. The third-order valence-electron chi connectivity index (χ3n) is 2.10. The SMILES string of the molecule is Cc1cc(C)cc(C2=CN=NC2=O)c1. The fraction of sp³-hybridized carbons (Fsp3) is 0.182. The predicted octanol–water partition coefficient (Wildman–Crippen LogP) is 2.64. The first-order chi connectivity index (χ1) is 6.66. The van der Waals surface area contributed by atoms with E-state index >= 15 is 0 Å². The van der Waals surface area contributed by atoms with E-state index in [1.165, 1.54) is 6.20 Å². The van der Waals surface area contributed by atoms with E-state index in [4.69, 9.17) is 0 Å². The van der Waals surface area contributed by atoms with Gasteiger partial charge in [-0.05, 0) is 19.4 Å². The van der Waals surface area contributed by atoms with Gasteiger partial charge in [0.1, 0.15) is 0 Å². The molecule has 0 radical (unpaired) electrons. The Morgan fingerprint density at radius 3 is 2.21 bits per heavy atom. The highest BCUT2D eigenvalue weighted by Crippen LogP contribution is 2.22. The standard InChI is InChI=1S/C11H10N2O/c1-7-3-8(2)5-9(4-7)10-6-12-13-11(10)14/h3-6H,1-2H3. The van der Waals surface area contributed by atoms with Gasteiger partial charge in [-0.15, -0.1) is 5.11 Å². The topological polar surface area (TPSA) is 41.8 Å². The molecule has 1 aromatic rings. The molecule has 2 rings (SSSR count). The number of hydrogen-bond acceptors (Lipinski definition) is 2. The van der Waals surface area contributed by atoms with Crippen LogP contribution >= 0.6 is 0 Å². The zero-order valence-electron chi connectivity index (χ0n) is 8.11. The molecule has 1 amide bonds. The van der Waals surface area contributed by atoms with Crippen LogP contribution < -0.4 is 0 Å². The average molecular weight is 186 g/mol. The zero-order valence-corrected chi connectivity index (χ0v) is 8.11. The van der Waals surface area contributed by atoms with Crippen molar-refractivity contribution in [2.24, 2.45) is 10.2 Å². The number of azo groups is 1. The molecule has 0 bridgehead atoms. The molecule has 0 fully saturated rings. The Balaban J connectivity index is 2.47. The van der Waals surface area contributed by atoms with E-state index < -0.39 is 0 Å². The quantitative estimate of drug-likeness (QED) is 0.664. The summed E-state index contributed by atoms with van der Waals surface area (Å²) >= 11 is 0. The van der Waals surface area contributed by atoms with Crippen molar-refractivity contribution >= 4 is 11.5 Å². The largest absolute Gasteiger partial charge is 0.297 e. The predicted molar refractivity (Wildman–Crippen MR) is 53.8 cm³/mol. The Morgan fingerprint density at radius 1 is 1.07 bits per heavy atom. The first-order valence-electron chi connectivity index (χ1n) is 4.41. The Labute approximate surface area is 82.2 Å². The molecule has 70 valence electrons. The summed E-state index contributed by atoms with van der Waals surface area (Å²) in [5.41, 5.74) is 3.76. The van der Waals surface area contributed by atoms with Crippen LogP contribution in [0.2, 0.25) is 0 Å². The summed E-state index contributed by atoms with van der Waals surface area (Å²) in [5, 5.41) is 7.04. The van der Waals surface area contributed by atoms with E-state index in [2.05, 4.69) is 16.3 Å². The van der Waals surface area contributed by atoms with Gasteiger partial charge in [-0.2, -0.15) is 5.11 Å². The van der Waals surface area contributed by atoms with Crippen LogP contribution in [-0.2, 0) is 4.79 Å². The smallest absolute Gasteiger partial charge is 0.265 e. The van der Waals surface area contributed by atoms with Crippen molar-refractivity contribution in [2.45, 2.75) is 13.8 Å². The molecular formula is C11H10N2O. The van der Waals surface area contributed by atoms with Gasteiger partial charge in [0.2, 0.25) is 0 Å². The van der Waals surface area contributed by atoms with Crippen LogP contribution in [0.15, 0.2) is 34.6 Å². The summed E-state index contributed by atoms with van der Waals surface area (Å²) in [4.78, 5) is 11.3. The molecule has 3 heteroatoms. The van der Waals surface area contributed by atoms with Crippen molar-refractivity contribution in [1.82, 2.24) is 0 Å². The van der Waals surface area contributed by atoms with Crippen LogP contribution in [-0.4, -0.2) is 5.91 Å². The highest BCUT2D eigenvalue weighted by molar-refractivity contribution is 6.21. The molecule has 0 unspecified atom stereocenters. The summed E-state index contributed by atoms with van der Waals surface area (Å²) in [6.07, 6.45) is 1.51. The van der Waals surface area contributed by atoms with Gasteiger partial charge in [0.15, 0.2) is 0 Å². The first-order valence-corrected chi connectivity index (χ1v) is 4.41. The first kappa shape index (κ1) is 8.81. The van der Waals surface area contributed by atoms with Crippen LogP contribution in [0.4, 0.5) is 0 Å². The van der Waals surface area contributed by atoms with Gasteiger partial charge in [-0.3, -0.25) is 4.79 Å². The Morgan fingerprint density at radius 2 is 1.71 bits per heavy atom. The van der Waals surface area contributed by atoms with Gasteiger partial charge in [-0.1, -0.05) is 29.3 Å². The molecular weight excluding hydrogens is 176 g/mol. The second-order valence-corrected chi connectivity index (χ2v) is 3.44. The van der Waals surface area contributed by atoms with Crippen molar-refractivity contribution in [3.8, 4) is 0 Å². The van der Waals surface area contributed by atoms with Gasteiger partial charge in [0.25, 0.3) is 5.91 Å². The lowest BCUT2D eigenvalue weighted by molar-refractivity contribution is -0.112. The third-order valence-corrected chi connectivity index (χ3v) is 2.10. The number of rotatable bonds is 1. The number of amides is 1. The molecule has 14 heavy (non-hydrogen) atoms. The van der Waals surface area contributed by atoms with Crippen molar-refractivity contribution in [2.75, 3.05) is 0 Å². The van der Waals surface area contributed by atoms with Crippen LogP contribution in [0.25, 0.3) is 5.57 Å². The number of carbonyl (C=O) groups excluding carboxylic acids is 1. The van der Waals surface area contributed by atoms with E-state index in [1.807, 2.05) is 26.0 Å². The Hall–Kier alpha value is -1.77. The lowest BCUT2D eigenvalue weighted by Crippen LogP contribution is -1.94. The van der Waals surface area contributed by atoms with Gasteiger partial charge < -0.3 is 0 Å². The van der Waals surface area contributed by atoms with Crippen LogP contribution in [0.3, 0.4) is 0 Å². The van der Waals surface area contributed by atoms with E-state index in [0.29, 0.717) is 5.57 Å². The van der Waals surface area contributed by atoms with Crippen LogP contribution in [0, 0.1) is 13.8 Å². The molecule has 1 heterocycles. The highest BCUT2D eigenvalue weighted by atomic mass is 16.2. The molecule has 1 aromatic carbocycles. The van der Waals surface area contributed by atoms with Crippen molar-refractivity contribution in [1.29, 1.82) is 0 Å². The van der Waals surface area contributed by atoms with E-state index in [-0.39, 0.29) is 5.91 Å². The van der Waals surface area contributed by atoms with Crippen molar-refractivity contribution in [3.63, 3.8) is 0 Å². The lowest BCUT2D eigenvalue weighted by Gasteiger charge is -2.02. The molecule has 0 saturated heterocycles. The van der Waals surface area contributed by atoms with Crippen LogP contribution in [0.5, 0.6) is 0 Å². The lowest BCUT2D eigenvalue weighted by atomic mass is 10.0. The van der Waals surface area contributed by atoms with E-state index in [1.54, 1.807) is 0 Å². The molecule has 0 N–H and O–H groups in total. The van der Waals surface area contributed by atoms with E-state index in [0.717, 1.165) is 16.7 Å². The molecule has 1 aliphatic rings. The third kappa shape index (κ3) is 1.48. The van der Waals surface area contributed by atoms with Gasteiger partial charge in [-0.25, -0.2) is 0 Å². The maximum absolute atomic E-state index is 11.3. The van der Waals surface area contributed by atoms with E-state index in [9.17, 15) is 4.79 Å². The molecule has 0 saturated carbocycles. The summed E-state index contributed by atoms with van der Waals surface area (Å²) in [7, 11) is 0. The number of hydrogen-bond donors (Lipinski definition) is 0. The molecule has 3 nitrogen and oxygen atoms in total. The molecule has 0 aliphatic carbocycles. The molecule has 0 spiro atoms. The maximum Gasteiger partial charge on any atom is 0.297 e. The normalized spacial score (nSPS) is 14.7. The number of nitrogens with zero attached hydrogens (tertiary/aromatic N) is 2. The summed E-state index contributed by atoms with van der Waals surface area (Å²) in [5.74, 6) is -0.255. The van der Waals surface area contributed by atoms with Crippen molar-refractivity contribution in [3.05, 3.63) is 41.1 Å². The summed E-state index contributed by atoms with van der Waals surface area (Å²) in [6, 6.07) is 6.00. The average Bonchev–Trinajstić information content (AvgIpc) is 2.49. The second kappa shape index (κ2) is 3.18. The summed E-state index contributed by atoms with van der Waals surface area (Å²) < 4.78 is 0.